The van der Waals surface area contributed by atoms with E-state index < -0.39 is 95.2 Å². The van der Waals surface area contributed by atoms with Crippen LogP contribution in [0, 0.1) is 64.6 Å². The van der Waals surface area contributed by atoms with Gasteiger partial charge in [-0.2, -0.15) is 5.26 Å². The number of fused-ring (bicyclic) bond motifs is 4. The predicted octanol–water partition coefficient (Wildman–Crippen LogP) is 4.73. The van der Waals surface area contributed by atoms with Gasteiger partial charge in [0, 0.05) is 51.9 Å². The Balaban J connectivity index is 0.000000208. The Morgan fingerprint density at radius 1 is 0.703 bits per heavy atom. The average Bonchev–Trinajstić information content (AvgIpc) is 4.17. The van der Waals surface area contributed by atoms with E-state index in [1.807, 2.05) is 37.3 Å². The van der Waals surface area contributed by atoms with Gasteiger partial charge in [-0.25, -0.2) is 21.6 Å². The van der Waals surface area contributed by atoms with Crippen LogP contribution in [0.4, 0.5) is 10.5 Å². The number of aliphatic hydroxyl groups is 1. The lowest BCUT2D eigenvalue weighted by Gasteiger charge is -2.26. The Morgan fingerprint density at radius 3 is 1.65 bits per heavy atom. The third kappa shape index (κ3) is 12.4. The van der Waals surface area contributed by atoms with Gasteiger partial charge >= 0.3 is 6.09 Å². The molecule has 19 nitrogen and oxygen atoms in total. The molecule has 5 amide bonds. The van der Waals surface area contributed by atoms with Gasteiger partial charge in [-0.15, -0.1) is 0 Å². The summed E-state index contributed by atoms with van der Waals surface area (Å²) < 4.78 is 60.0. The highest BCUT2D eigenvalue weighted by molar-refractivity contribution is 7.91. The molecule has 1 aromatic rings. The molecule has 9 rings (SSSR count). The molecule has 0 bridgehead atoms. The Labute approximate surface area is 433 Å². The SMILES string of the molecule is CN1CCCC/C=C\[C@@H]2C[C@@]2(C(=O)NS(=O)(=O)C2CC2)CC(=O)[C@@H]2C[C@@H](O)C[C@H]2C1=O.Cc1ccc(C#N)c(NC(=O)O[C@@H]2C[C@H]3C(=O)C[C@]4(C(=O)NS(=O)(=O)C5CC5)C[C@H]4/C=C\CCCCN(C)C(=O)[C@@H]3C2)c1. The van der Waals surface area contributed by atoms with E-state index in [1.54, 1.807) is 42.1 Å². The van der Waals surface area contributed by atoms with Crippen molar-refractivity contribution in [2.75, 3.05) is 32.5 Å². The lowest BCUT2D eigenvalue weighted by molar-refractivity contribution is -0.140. The summed E-state index contributed by atoms with van der Waals surface area (Å²) in [6.07, 6.45) is 13.7. The van der Waals surface area contributed by atoms with Crippen molar-refractivity contribution in [1.82, 2.24) is 19.2 Å². The van der Waals surface area contributed by atoms with Crippen LogP contribution < -0.4 is 14.8 Å². The van der Waals surface area contributed by atoms with Crippen LogP contribution in [0.1, 0.15) is 127 Å². The third-order valence-electron chi connectivity index (χ3n) is 16.6. The largest absolute Gasteiger partial charge is 0.446 e. The second-order valence-corrected chi connectivity index (χ2v) is 26.2. The minimum Gasteiger partial charge on any atom is -0.446 e. The molecule has 402 valence electrons. The van der Waals surface area contributed by atoms with Crippen molar-refractivity contribution < 1.29 is 60.2 Å². The van der Waals surface area contributed by atoms with Crippen molar-refractivity contribution in [2.24, 2.45) is 46.3 Å². The van der Waals surface area contributed by atoms with E-state index in [0.717, 1.165) is 44.1 Å². The highest BCUT2D eigenvalue weighted by Crippen LogP contribution is 2.59. The van der Waals surface area contributed by atoms with Crippen molar-refractivity contribution >= 4 is 67.0 Å². The number of nitrogens with one attached hydrogen (secondary N) is 3. The van der Waals surface area contributed by atoms with E-state index in [2.05, 4.69) is 14.8 Å². The first-order chi connectivity index (χ1) is 35.1. The monoisotopic (exact) mass is 1060 g/mol. The van der Waals surface area contributed by atoms with Crippen LogP contribution in [-0.4, -0.2) is 123 Å². The van der Waals surface area contributed by atoms with E-state index in [1.165, 1.54) is 0 Å². The van der Waals surface area contributed by atoms with Gasteiger partial charge in [0.2, 0.25) is 43.7 Å². The fourth-order valence-electron chi connectivity index (χ4n) is 11.6. The van der Waals surface area contributed by atoms with E-state index >= 15 is 0 Å². The number of sulfonamides is 2. The lowest BCUT2D eigenvalue weighted by Crippen LogP contribution is -2.42. The molecular weight excluding hydrogens is 993 g/mol. The first-order valence-electron chi connectivity index (χ1n) is 26.2. The van der Waals surface area contributed by atoms with Gasteiger partial charge in [-0.3, -0.25) is 43.5 Å². The summed E-state index contributed by atoms with van der Waals surface area (Å²) in [5.41, 5.74) is -0.844. The number of rotatable bonds is 8. The van der Waals surface area contributed by atoms with Gasteiger partial charge in [0.15, 0.2) is 0 Å². The molecule has 2 heterocycles. The molecule has 8 aliphatic rings. The molecule has 1 aromatic carbocycles. The summed E-state index contributed by atoms with van der Waals surface area (Å²) in [6, 6.07) is 7.03. The number of ketones is 2. The molecule has 2 aliphatic heterocycles. The molecule has 0 saturated heterocycles. The average molecular weight is 1060 g/mol. The summed E-state index contributed by atoms with van der Waals surface area (Å²) in [5.74, 6) is -5.36. The Hall–Kier alpha value is -5.46. The fraction of sp³-hybridized carbons (Fsp3) is 0.660. The van der Waals surface area contributed by atoms with Crippen LogP contribution >= 0.6 is 0 Å². The second-order valence-electron chi connectivity index (χ2n) is 22.3. The van der Waals surface area contributed by atoms with Gasteiger partial charge in [0.25, 0.3) is 0 Å². The molecule has 0 aromatic heterocycles. The van der Waals surface area contributed by atoms with Gasteiger partial charge in [-0.05, 0) is 139 Å². The number of hydrogen-bond acceptors (Lipinski definition) is 14. The van der Waals surface area contributed by atoms with Gasteiger partial charge < -0.3 is 19.6 Å². The Kier molecular flexibility index (Phi) is 16.3. The van der Waals surface area contributed by atoms with Gasteiger partial charge in [-0.1, -0.05) is 30.4 Å². The van der Waals surface area contributed by atoms with Crippen LogP contribution in [0.2, 0.25) is 0 Å². The third-order valence-corrected chi connectivity index (χ3v) is 20.2. The number of amides is 5. The first-order valence-corrected chi connectivity index (χ1v) is 29.3. The molecule has 0 radical (unpaired) electrons. The number of hydrogen-bond donors (Lipinski definition) is 4. The number of ether oxygens (including phenoxy) is 1. The van der Waals surface area contributed by atoms with E-state index in [4.69, 9.17) is 4.74 Å². The van der Waals surface area contributed by atoms with Crippen LogP contribution in [-0.2, 0) is 53.6 Å². The molecule has 6 saturated carbocycles. The number of Topliss-reactive ketones (excluding diaryl/α,β-unsaturated/α-hetero) is 2. The number of nitriles is 1. The van der Waals surface area contributed by atoms with E-state index in [0.29, 0.717) is 57.3 Å². The topological polar surface area (TPSA) is 284 Å². The zero-order valence-electron chi connectivity index (χ0n) is 42.5. The summed E-state index contributed by atoms with van der Waals surface area (Å²) >= 11 is 0. The second kappa shape index (κ2) is 22.0. The van der Waals surface area contributed by atoms with Crippen LogP contribution in [0.25, 0.3) is 0 Å². The molecule has 10 atom stereocenters. The zero-order chi connectivity index (χ0) is 53.3. The highest BCUT2D eigenvalue weighted by atomic mass is 32.2. The van der Waals surface area contributed by atoms with Crippen molar-refractivity contribution in [2.45, 2.75) is 145 Å². The van der Waals surface area contributed by atoms with Gasteiger partial charge in [0.1, 0.15) is 23.7 Å². The van der Waals surface area contributed by atoms with E-state index in [9.17, 15) is 60.8 Å². The molecule has 0 unspecified atom stereocenters. The molecule has 4 N–H and O–H groups in total. The summed E-state index contributed by atoms with van der Waals surface area (Å²) in [6.45, 7) is 2.96. The minimum absolute atomic E-state index is 0.0983. The van der Waals surface area contributed by atoms with Crippen molar-refractivity contribution in [3.05, 3.63) is 53.6 Å². The number of anilines is 1. The molecule has 6 fully saturated rings. The number of allylic oxidation sites excluding steroid dienone is 4. The summed E-state index contributed by atoms with van der Waals surface area (Å²) in [4.78, 5) is 96.3. The number of aliphatic hydroxyl groups excluding tert-OH is 1. The standard InChI is InChI=1S/C31H38N4O7S.C22H32N2O6S/c1-19-8-9-20(18-32)26(13-19)33-30(39)42-22-14-24-25(15-22)28(37)35(2)12-6-4-3-5-7-21-16-31(21,17-27(24)36)29(38)34-43(40,41)23-10-11-23;1-24-9-5-3-2-4-6-14-12-22(14,21(28)23-31(29,30)16-7-8-16)13-19(26)17-10-15(25)11-18(17)20(24)27/h5,7-9,13,21-25H,3-4,6,10-12,14-17H2,1-2H3,(H,33,39)(H,34,38);4,6,14-18,25H,2-3,5,7-13H2,1H3,(H,23,28)/b7-5-;6-4-/t21-,22-,24-,25-,31-;14-,15-,17-,18-,22-/m11/s1. The molecular formula is C53H70N6O13S2. The lowest BCUT2D eigenvalue weighted by atomic mass is 9.84. The zero-order valence-corrected chi connectivity index (χ0v) is 44.1. The molecule has 74 heavy (non-hydrogen) atoms. The van der Waals surface area contributed by atoms with Gasteiger partial charge in [0.05, 0.1) is 50.5 Å². The molecule has 0 spiro atoms. The molecule has 21 heteroatoms. The van der Waals surface area contributed by atoms with Crippen LogP contribution in [0.3, 0.4) is 0 Å². The normalized spacial score (nSPS) is 33.5. The predicted molar refractivity (Wildman–Crippen MR) is 270 cm³/mol. The Bertz CT molecular complexity index is 2750. The first kappa shape index (κ1) is 54.8. The van der Waals surface area contributed by atoms with Crippen molar-refractivity contribution in [3.8, 4) is 6.07 Å². The van der Waals surface area contributed by atoms with Crippen LogP contribution in [0.5, 0.6) is 0 Å². The fourth-order valence-corrected chi connectivity index (χ4v) is 14.3. The number of carbonyl (C=O) groups is 7. The number of nitrogens with zero attached hydrogens (tertiary/aromatic N) is 3. The minimum atomic E-state index is -3.80. The smallest absolute Gasteiger partial charge is 0.411 e. The number of aryl methyl sites for hydroxylation is 1. The van der Waals surface area contributed by atoms with Crippen LogP contribution in [0.15, 0.2) is 42.5 Å². The highest BCUT2D eigenvalue weighted by Gasteiger charge is 2.63. The quantitative estimate of drug-likeness (QED) is 0.256. The summed E-state index contributed by atoms with van der Waals surface area (Å²) in [7, 11) is -4.08. The van der Waals surface area contributed by atoms with Crippen molar-refractivity contribution in [3.63, 3.8) is 0 Å². The maximum atomic E-state index is 13.9. The van der Waals surface area contributed by atoms with E-state index in [-0.39, 0.29) is 79.3 Å². The van der Waals surface area contributed by atoms with Crippen molar-refractivity contribution in [1.29, 1.82) is 5.26 Å². The maximum absolute atomic E-state index is 13.9. The number of carbonyl (C=O) groups excluding carboxylic acids is 7. The maximum Gasteiger partial charge on any atom is 0.411 e. The molecule has 6 aliphatic carbocycles. The summed E-state index contributed by atoms with van der Waals surface area (Å²) in [5, 5.41) is 21.1. The Morgan fingerprint density at radius 2 is 1.16 bits per heavy atom. The number of benzene rings is 1.